The van der Waals surface area contributed by atoms with Crippen LogP contribution in [-0.4, -0.2) is 0 Å². The van der Waals surface area contributed by atoms with Crippen LogP contribution in [0, 0.1) is 5.92 Å². The molecular formula is C13H22N2. The molecule has 84 valence electrons. The zero-order valence-electron chi connectivity index (χ0n) is 10.1. The van der Waals surface area contributed by atoms with Crippen LogP contribution >= 0.6 is 0 Å². The van der Waals surface area contributed by atoms with E-state index in [4.69, 9.17) is 11.5 Å². The monoisotopic (exact) mass is 206 g/mol. The standard InChI is InChI=1S/C13H22N2/c1-9(2)11-7-5-6-8-12(11)13(14,15)10(3)4/h5-10H,14-15H2,1-4H3. The largest absolute Gasteiger partial charge is 0.309 e. The SMILES string of the molecule is CC(C)c1ccccc1C(N)(N)C(C)C. The Morgan fingerprint density at radius 1 is 1.00 bits per heavy atom. The van der Waals surface area contributed by atoms with Crippen LogP contribution in [-0.2, 0) is 5.66 Å². The molecule has 0 aromatic heterocycles. The van der Waals surface area contributed by atoms with Gasteiger partial charge in [-0.25, -0.2) is 0 Å². The molecule has 0 unspecified atom stereocenters. The van der Waals surface area contributed by atoms with Crippen LogP contribution in [0.15, 0.2) is 24.3 Å². The van der Waals surface area contributed by atoms with Gasteiger partial charge in [-0.05, 0) is 23.0 Å². The van der Waals surface area contributed by atoms with Gasteiger partial charge in [-0.1, -0.05) is 52.0 Å². The van der Waals surface area contributed by atoms with E-state index in [0.717, 1.165) is 5.56 Å². The molecule has 2 heteroatoms. The maximum Gasteiger partial charge on any atom is 0.0925 e. The lowest BCUT2D eigenvalue weighted by atomic mass is 9.84. The molecule has 15 heavy (non-hydrogen) atoms. The number of rotatable bonds is 3. The topological polar surface area (TPSA) is 52.0 Å². The minimum Gasteiger partial charge on any atom is -0.309 e. The third kappa shape index (κ3) is 2.39. The van der Waals surface area contributed by atoms with Gasteiger partial charge in [0.25, 0.3) is 0 Å². The predicted octanol–water partition coefficient (Wildman–Crippen LogP) is 2.54. The Kier molecular flexibility index (Phi) is 3.53. The molecule has 2 nitrogen and oxygen atoms in total. The Morgan fingerprint density at radius 3 is 2.00 bits per heavy atom. The highest BCUT2D eigenvalue weighted by atomic mass is 15.0. The number of hydrogen-bond donors (Lipinski definition) is 2. The first-order valence-electron chi connectivity index (χ1n) is 5.54. The summed E-state index contributed by atoms with van der Waals surface area (Å²) in [6.45, 7) is 8.43. The van der Waals surface area contributed by atoms with Crippen molar-refractivity contribution >= 4 is 0 Å². The van der Waals surface area contributed by atoms with Crippen molar-refractivity contribution in [1.82, 2.24) is 0 Å². The summed E-state index contributed by atoms with van der Waals surface area (Å²) >= 11 is 0. The molecule has 0 atom stereocenters. The summed E-state index contributed by atoms with van der Waals surface area (Å²) in [7, 11) is 0. The van der Waals surface area contributed by atoms with E-state index in [9.17, 15) is 0 Å². The third-order valence-electron chi connectivity index (χ3n) is 3.00. The van der Waals surface area contributed by atoms with E-state index in [-0.39, 0.29) is 5.92 Å². The molecule has 0 amide bonds. The molecule has 0 heterocycles. The van der Waals surface area contributed by atoms with Crippen molar-refractivity contribution in [2.75, 3.05) is 0 Å². The normalized spacial score (nSPS) is 12.5. The zero-order valence-corrected chi connectivity index (χ0v) is 10.1. The molecule has 1 aromatic carbocycles. The van der Waals surface area contributed by atoms with Crippen LogP contribution in [0.5, 0.6) is 0 Å². The maximum atomic E-state index is 6.20. The second-order valence-electron chi connectivity index (χ2n) is 4.83. The first-order valence-corrected chi connectivity index (χ1v) is 5.54. The summed E-state index contributed by atoms with van der Waals surface area (Å²) in [4.78, 5) is 0. The van der Waals surface area contributed by atoms with Gasteiger partial charge in [0.2, 0.25) is 0 Å². The average Bonchev–Trinajstić information content (AvgIpc) is 2.17. The Hall–Kier alpha value is -0.860. The first-order chi connectivity index (χ1) is 6.87. The minimum atomic E-state index is -0.735. The van der Waals surface area contributed by atoms with Crippen molar-refractivity contribution in [1.29, 1.82) is 0 Å². The number of hydrogen-bond acceptors (Lipinski definition) is 2. The summed E-state index contributed by atoms with van der Waals surface area (Å²) in [5.41, 5.74) is 14.0. The summed E-state index contributed by atoms with van der Waals surface area (Å²) in [5.74, 6) is 0.670. The van der Waals surface area contributed by atoms with E-state index < -0.39 is 5.66 Å². The smallest absolute Gasteiger partial charge is 0.0925 e. The third-order valence-corrected chi connectivity index (χ3v) is 3.00. The van der Waals surface area contributed by atoms with E-state index in [2.05, 4.69) is 33.8 Å². The van der Waals surface area contributed by atoms with E-state index >= 15 is 0 Å². The fraction of sp³-hybridized carbons (Fsp3) is 0.538. The van der Waals surface area contributed by atoms with Gasteiger partial charge >= 0.3 is 0 Å². The highest BCUT2D eigenvalue weighted by molar-refractivity contribution is 5.35. The number of nitrogens with two attached hydrogens (primary N) is 2. The molecule has 1 aromatic rings. The maximum absolute atomic E-state index is 6.20. The molecule has 0 aliphatic rings. The molecule has 4 N–H and O–H groups in total. The predicted molar refractivity (Wildman–Crippen MR) is 65.4 cm³/mol. The molecule has 0 radical (unpaired) electrons. The van der Waals surface area contributed by atoms with Crippen molar-refractivity contribution in [2.24, 2.45) is 17.4 Å². The van der Waals surface area contributed by atoms with Crippen LogP contribution in [0.4, 0.5) is 0 Å². The van der Waals surface area contributed by atoms with Crippen molar-refractivity contribution in [2.45, 2.75) is 39.3 Å². The van der Waals surface area contributed by atoms with Gasteiger partial charge in [-0.15, -0.1) is 0 Å². The van der Waals surface area contributed by atoms with Crippen molar-refractivity contribution in [3.05, 3.63) is 35.4 Å². The molecule has 1 rings (SSSR count). The van der Waals surface area contributed by atoms with Crippen molar-refractivity contribution in [3.8, 4) is 0 Å². The van der Waals surface area contributed by atoms with Gasteiger partial charge < -0.3 is 11.5 Å². The number of benzene rings is 1. The molecule has 0 saturated heterocycles. The van der Waals surface area contributed by atoms with Gasteiger partial charge in [0, 0.05) is 0 Å². The van der Waals surface area contributed by atoms with E-state index in [1.807, 2.05) is 18.2 Å². The van der Waals surface area contributed by atoms with Gasteiger partial charge in [-0.3, -0.25) is 0 Å². The quantitative estimate of drug-likeness (QED) is 0.747. The van der Waals surface area contributed by atoms with Crippen molar-refractivity contribution in [3.63, 3.8) is 0 Å². The molecule has 0 aliphatic heterocycles. The second-order valence-corrected chi connectivity index (χ2v) is 4.83. The average molecular weight is 206 g/mol. The molecular weight excluding hydrogens is 184 g/mol. The summed E-state index contributed by atoms with van der Waals surface area (Å²) in [6.07, 6.45) is 0. The van der Waals surface area contributed by atoms with Crippen LogP contribution in [0.1, 0.15) is 44.7 Å². The molecule has 0 spiro atoms. The minimum absolute atomic E-state index is 0.220. The van der Waals surface area contributed by atoms with Crippen LogP contribution in [0.25, 0.3) is 0 Å². The Balaban J connectivity index is 3.24. The summed E-state index contributed by atoms with van der Waals surface area (Å²) in [6, 6.07) is 8.18. The van der Waals surface area contributed by atoms with Crippen LogP contribution < -0.4 is 11.5 Å². The second kappa shape index (κ2) is 4.33. The van der Waals surface area contributed by atoms with Crippen LogP contribution in [0.2, 0.25) is 0 Å². The van der Waals surface area contributed by atoms with Gasteiger partial charge in [0.05, 0.1) is 5.66 Å². The van der Waals surface area contributed by atoms with Gasteiger partial charge in [0.15, 0.2) is 0 Å². The van der Waals surface area contributed by atoms with E-state index in [1.165, 1.54) is 5.56 Å². The van der Waals surface area contributed by atoms with E-state index in [0.29, 0.717) is 5.92 Å². The highest BCUT2D eigenvalue weighted by Crippen LogP contribution is 2.28. The molecule has 0 saturated carbocycles. The lowest BCUT2D eigenvalue weighted by molar-refractivity contribution is 0.326. The Labute approximate surface area is 92.7 Å². The van der Waals surface area contributed by atoms with Crippen LogP contribution in [0.3, 0.4) is 0 Å². The fourth-order valence-electron chi connectivity index (χ4n) is 1.71. The molecule has 0 bridgehead atoms. The van der Waals surface area contributed by atoms with Crippen molar-refractivity contribution < 1.29 is 0 Å². The summed E-state index contributed by atoms with van der Waals surface area (Å²) < 4.78 is 0. The lowest BCUT2D eigenvalue weighted by Gasteiger charge is -2.32. The fourth-order valence-corrected chi connectivity index (χ4v) is 1.71. The zero-order chi connectivity index (χ0) is 11.6. The lowest BCUT2D eigenvalue weighted by Crippen LogP contribution is -2.51. The van der Waals surface area contributed by atoms with E-state index in [1.54, 1.807) is 0 Å². The Morgan fingerprint density at radius 2 is 1.53 bits per heavy atom. The first kappa shape index (κ1) is 12.2. The van der Waals surface area contributed by atoms with Gasteiger partial charge in [0.1, 0.15) is 0 Å². The molecule has 0 fully saturated rings. The highest BCUT2D eigenvalue weighted by Gasteiger charge is 2.28. The molecule has 0 aliphatic carbocycles. The summed E-state index contributed by atoms with van der Waals surface area (Å²) in [5, 5.41) is 0. The van der Waals surface area contributed by atoms with Gasteiger partial charge in [-0.2, -0.15) is 0 Å². The Bertz CT molecular complexity index is 327.